The molecule has 2 aliphatic rings. The molecule has 3 rings (SSSR count). The number of hydrogen-bond donors (Lipinski definition) is 0. The lowest BCUT2D eigenvalue weighted by atomic mass is 10.2. The normalized spacial score (nSPS) is 17.6. The van der Waals surface area contributed by atoms with Gasteiger partial charge in [-0.05, 0) is 63.2 Å². The van der Waals surface area contributed by atoms with Crippen molar-refractivity contribution in [2.75, 3.05) is 13.3 Å². The molecule has 0 N–H and O–H groups in total. The van der Waals surface area contributed by atoms with Crippen LogP contribution in [0.15, 0.2) is 23.1 Å². The van der Waals surface area contributed by atoms with Crippen LogP contribution in [0.5, 0.6) is 11.5 Å². The average molecular weight is 390 g/mol. The molecule has 0 spiro atoms. The van der Waals surface area contributed by atoms with Crippen molar-refractivity contribution in [2.24, 2.45) is 0 Å². The predicted molar refractivity (Wildman–Crippen MR) is 102 cm³/mol. The van der Waals surface area contributed by atoms with Gasteiger partial charge in [0, 0.05) is 12.1 Å². The molecule has 0 saturated carbocycles. The summed E-state index contributed by atoms with van der Waals surface area (Å²) in [5, 5.41) is -0.437. The van der Waals surface area contributed by atoms with Gasteiger partial charge in [0.25, 0.3) is 11.1 Å². The predicted octanol–water partition coefficient (Wildman–Crippen LogP) is 3.10. The van der Waals surface area contributed by atoms with Crippen LogP contribution in [0.3, 0.4) is 0 Å². The molecule has 8 heteroatoms. The Hall–Kier alpha value is -2.48. The Bertz CT molecular complexity index is 810. The smallest absolute Gasteiger partial charge is 0.294 e. The number of rotatable bonds is 5. The van der Waals surface area contributed by atoms with E-state index < -0.39 is 11.1 Å². The molecule has 7 nitrogen and oxygen atoms in total. The molecule has 0 atom stereocenters. The fraction of sp³-hybridized carbons (Fsp3) is 0.421. The van der Waals surface area contributed by atoms with Gasteiger partial charge in [0.1, 0.15) is 6.54 Å². The maximum atomic E-state index is 12.6. The number of nitrogens with zero attached hydrogens (tertiary/aromatic N) is 2. The fourth-order valence-corrected chi connectivity index (χ4v) is 4.02. The monoisotopic (exact) mass is 390 g/mol. The minimum absolute atomic E-state index is 0.0124. The number of imide groups is 1. The van der Waals surface area contributed by atoms with Gasteiger partial charge in [-0.25, -0.2) is 0 Å². The number of hydrogen-bond acceptors (Lipinski definition) is 6. The van der Waals surface area contributed by atoms with Crippen LogP contribution in [-0.2, 0) is 9.59 Å². The van der Waals surface area contributed by atoms with E-state index in [1.54, 1.807) is 29.2 Å². The molecule has 0 radical (unpaired) electrons. The maximum Gasteiger partial charge on any atom is 0.294 e. The van der Waals surface area contributed by atoms with E-state index >= 15 is 0 Å². The topological polar surface area (TPSA) is 76.2 Å². The third kappa shape index (κ3) is 3.95. The summed E-state index contributed by atoms with van der Waals surface area (Å²) < 4.78 is 10.6. The van der Waals surface area contributed by atoms with Gasteiger partial charge in [0.05, 0.1) is 4.91 Å². The summed E-state index contributed by atoms with van der Waals surface area (Å²) >= 11 is 0.836. The van der Waals surface area contributed by atoms with E-state index in [9.17, 15) is 14.4 Å². The summed E-state index contributed by atoms with van der Waals surface area (Å²) in [7, 11) is 0. The van der Waals surface area contributed by atoms with E-state index in [2.05, 4.69) is 0 Å². The quantitative estimate of drug-likeness (QED) is 0.719. The molecule has 0 aromatic heterocycles. The van der Waals surface area contributed by atoms with Crippen molar-refractivity contribution in [3.63, 3.8) is 0 Å². The van der Waals surface area contributed by atoms with Gasteiger partial charge in [0.15, 0.2) is 11.5 Å². The number of thioether (sulfide) groups is 1. The summed E-state index contributed by atoms with van der Waals surface area (Å²) in [6.07, 6.45) is 1.62. The zero-order chi connectivity index (χ0) is 19.7. The molecule has 27 heavy (non-hydrogen) atoms. The summed E-state index contributed by atoms with van der Waals surface area (Å²) in [5.41, 5.74) is 0.724. The Labute approximate surface area is 162 Å². The van der Waals surface area contributed by atoms with Crippen molar-refractivity contribution >= 4 is 34.9 Å². The number of amides is 3. The molecule has 144 valence electrons. The Kier molecular flexibility index (Phi) is 5.46. The van der Waals surface area contributed by atoms with Crippen molar-refractivity contribution in [1.29, 1.82) is 0 Å². The summed E-state index contributed by atoms with van der Waals surface area (Å²) in [6, 6.07) is 5.26. The zero-order valence-corrected chi connectivity index (χ0v) is 16.5. The van der Waals surface area contributed by atoms with Crippen molar-refractivity contribution < 1.29 is 23.9 Å². The Balaban J connectivity index is 1.76. The summed E-state index contributed by atoms with van der Waals surface area (Å²) in [4.78, 5) is 40.5. The van der Waals surface area contributed by atoms with Gasteiger partial charge in [-0.1, -0.05) is 6.07 Å². The third-order valence-corrected chi connectivity index (χ3v) is 5.17. The van der Waals surface area contributed by atoms with Crippen LogP contribution in [0.4, 0.5) is 4.79 Å². The first-order valence-electron chi connectivity index (χ1n) is 8.74. The van der Waals surface area contributed by atoms with Gasteiger partial charge in [-0.2, -0.15) is 0 Å². The molecule has 1 saturated heterocycles. The van der Waals surface area contributed by atoms with Crippen LogP contribution in [0, 0.1) is 0 Å². The molecule has 0 aliphatic carbocycles. The van der Waals surface area contributed by atoms with Crippen LogP contribution in [-0.4, -0.2) is 52.3 Å². The van der Waals surface area contributed by atoms with Crippen LogP contribution >= 0.6 is 11.8 Å². The van der Waals surface area contributed by atoms with E-state index in [0.29, 0.717) is 11.5 Å². The third-order valence-electron chi connectivity index (χ3n) is 4.26. The van der Waals surface area contributed by atoms with Gasteiger partial charge in [-0.3, -0.25) is 19.3 Å². The number of benzene rings is 1. The van der Waals surface area contributed by atoms with Crippen molar-refractivity contribution in [3.05, 3.63) is 28.7 Å². The first kappa shape index (κ1) is 19.3. The highest BCUT2D eigenvalue weighted by atomic mass is 32.2. The van der Waals surface area contributed by atoms with E-state index in [0.717, 1.165) is 22.2 Å². The number of carbonyl (C=O) groups excluding carboxylic acids is 3. The lowest BCUT2D eigenvalue weighted by Crippen LogP contribution is -2.48. The maximum absolute atomic E-state index is 12.6. The molecule has 0 bridgehead atoms. The van der Waals surface area contributed by atoms with E-state index in [4.69, 9.17) is 9.47 Å². The summed E-state index contributed by atoms with van der Waals surface area (Å²) in [5.74, 6) is 0.547. The van der Waals surface area contributed by atoms with Crippen LogP contribution < -0.4 is 9.47 Å². The van der Waals surface area contributed by atoms with E-state index in [1.165, 1.54) is 0 Å². The minimum Gasteiger partial charge on any atom is -0.454 e. The minimum atomic E-state index is -0.455. The highest BCUT2D eigenvalue weighted by Crippen LogP contribution is 2.36. The first-order valence-corrected chi connectivity index (χ1v) is 9.55. The average Bonchev–Trinajstić information content (AvgIpc) is 3.14. The second kappa shape index (κ2) is 7.64. The van der Waals surface area contributed by atoms with Crippen LogP contribution in [0.1, 0.15) is 33.3 Å². The molecule has 2 heterocycles. The molecule has 1 aromatic carbocycles. The standard InChI is InChI=1S/C19H22N2O5S/c1-11(2)21(12(3)4)17(22)9-20-18(23)16(27-19(20)24)8-13-5-6-14-15(7-13)26-10-25-14/h5-8,11-12H,9-10H2,1-4H3/b16-8-. The van der Waals surface area contributed by atoms with Crippen molar-refractivity contribution in [3.8, 4) is 11.5 Å². The number of fused-ring (bicyclic) bond motifs is 1. The van der Waals surface area contributed by atoms with E-state index in [-0.39, 0.29) is 36.2 Å². The van der Waals surface area contributed by atoms with E-state index in [1.807, 2.05) is 27.7 Å². The van der Waals surface area contributed by atoms with Crippen molar-refractivity contribution in [2.45, 2.75) is 39.8 Å². The molecule has 0 unspecified atom stereocenters. The lowest BCUT2D eigenvalue weighted by Gasteiger charge is -2.31. The SMILES string of the molecule is CC(C)N(C(=O)CN1C(=O)S/C(=C\c2ccc3c(c2)OCO3)C1=O)C(C)C. The fourth-order valence-electron chi connectivity index (χ4n) is 3.18. The Morgan fingerprint density at radius 1 is 1.19 bits per heavy atom. The highest BCUT2D eigenvalue weighted by Gasteiger charge is 2.37. The van der Waals surface area contributed by atoms with Gasteiger partial charge >= 0.3 is 0 Å². The molecular formula is C19H22N2O5S. The zero-order valence-electron chi connectivity index (χ0n) is 15.7. The van der Waals surface area contributed by atoms with Gasteiger partial charge < -0.3 is 14.4 Å². The summed E-state index contributed by atoms with van der Waals surface area (Å²) in [6.45, 7) is 7.55. The van der Waals surface area contributed by atoms with Crippen LogP contribution in [0.2, 0.25) is 0 Å². The molecule has 3 amide bonds. The Morgan fingerprint density at radius 3 is 2.52 bits per heavy atom. The number of carbonyl (C=O) groups is 3. The Morgan fingerprint density at radius 2 is 1.85 bits per heavy atom. The lowest BCUT2D eigenvalue weighted by molar-refractivity contribution is -0.138. The molecule has 1 fully saturated rings. The van der Waals surface area contributed by atoms with Gasteiger partial charge in [0.2, 0.25) is 12.7 Å². The second-order valence-electron chi connectivity index (χ2n) is 6.87. The second-order valence-corrected chi connectivity index (χ2v) is 7.86. The number of ether oxygens (including phenoxy) is 2. The highest BCUT2D eigenvalue weighted by molar-refractivity contribution is 8.18. The first-order chi connectivity index (χ1) is 12.8. The van der Waals surface area contributed by atoms with Gasteiger partial charge in [-0.15, -0.1) is 0 Å². The molecule has 1 aromatic rings. The van der Waals surface area contributed by atoms with Crippen LogP contribution in [0.25, 0.3) is 6.08 Å². The largest absolute Gasteiger partial charge is 0.454 e. The van der Waals surface area contributed by atoms with Crippen molar-refractivity contribution in [1.82, 2.24) is 9.80 Å². The molecular weight excluding hydrogens is 368 g/mol. The molecule has 2 aliphatic heterocycles.